The summed E-state index contributed by atoms with van der Waals surface area (Å²) >= 11 is 0. The van der Waals surface area contributed by atoms with Crippen LogP contribution in [0.15, 0.2) is 72.8 Å². The Balaban J connectivity index is 1.41. The molecule has 0 radical (unpaired) electrons. The summed E-state index contributed by atoms with van der Waals surface area (Å²) in [4.78, 5) is 27.2. The molecule has 5 unspecified atom stereocenters. The highest BCUT2D eigenvalue weighted by molar-refractivity contribution is 5.89. The number of hydrogen-bond donors (Lipinski definition) is 4. The van der Waals surface area contributed by atoms with Crippen LogP contribution < -0.4 is 16.0 Å². The Kier molecular flexibility index (Phi) is 14.7. The second-order valence-electron chi connectivity index (χ2n) is 13.9. The maximum atomic E-state index is 13.8. The van der Waals surface area contributed by atoms with Crippen molar-refractivity contribution in [3.05, 3.63) is 83.9 Å². The van der Waals surface area contributed by atoms with Gasteiger partial charge in [0.25, 0.3) is 0 Å². The van der Waals surface area contributed by atoms with Gasteiger partial charge in [-0.2, -0.15) is 0 Å². The number of hydrogen-bond acceptors (Lipinski definition) is 5. The maximum Gasteiger partial charge on any atom is 0.243 e. The lowest BCUT2D eigenvalue weighted by Gasteiger charge is -2.32. The molecular formula is C40H57N3O4. The van der Waals surface area contributed by atoms with Gasteiger partial charge in [0.1, 0.15) is 6.04 Å². The van der Waals surface area contributed by atoms with Crippen LogP contribution >= 0.6 is 0 Å². The summed E-state index contributed by atoms with van der Waals surface area (Å²) in [6.45, 7) is 10.0. The second-order valence-corrected chi connectivity index (χ2v) is 13.9. The SMILES string of the molecule is CCC(C)C(NC(=O)C(CC(O)C(COCc1cccc2ccccc12)NCC1CCCCC1)C(C)C)C(=O)NCc1ccccc1. The Hall–Kier alpha value is -3.26. The van der Waals surface area contributed by atoms with Crippen molar-refractivity contribution >= 4 is 22.6 Å². The van der Waals surface area contributed by atoms with Gasteiger partial charge >= 0.3 is 0 Å². The van der Waals surface area contributed by atoms with Crippen molar-refractivity contribution in [3.63, 3.8) is 0 Å². The van der Waals surface area contributed by atoms with Gasteiger partial charge in [-0.25, -0.2) is 0 Å². The fourth-order valence-electron chi connectivity index (χ4n) is 6.69. The van der Waals surface area contributed by atoms with E-state index in [9.17, 15) is 14.7 Å². The molecule has 0 bridgehead atoms. The molecular weight excluding hydrogens is 586 g/mol. The number of fused-ring (bicyclic) bond motifs is 1. The number of benzene rings is 3. The van der Waals surface area contributed by atoms with Crippen LogP contribution in [0.5, 0.6) is 0 Å². The molecule has 0 aromatic heterocycles. The molecule has 1 fully saturated rings. The topological polar surface area (TPSA) is 99.7 Å². The summed E-state index contributed by atoms with van der Waals surface area (Å²) in [5.74, 6) is -0.317. The normalized spacial score (nSPS) is 17.1. The number of rotatable bonds is 18. The fourth-order valence-corrected chi connectivity index (χ4v) is 6.69. The van der Waals surface area contributed by atoms with E-state index in [1.165, 1.54) is 42.9 Å². The van der Waals surface area contributed by atoms with Crippen molar-refractivity contribution in [3.8, 4) is 0 Å². The Morgan fingerprint density at radius 2 is 1.60 bits per heavy atom. The predicted octanol–water partition coefficient (Wildman–Crippen LogP) is 6.77. The largest absolute Gasteiger partial charge is 0.391 e. The molecule has 0 heterocycles. The van der Waals surface area contributed by atoms with E-state index in [1.54, 1.807) is 0 Å². The first-order valence-corrected chi connectivity index (χ1v) is 17.8. The lowest BCUT2D eigenvalue weighted by molar-refractivity contribution is -0.134. The number of carbonyl (C=O) groups excluding carboxylic acids is 2. The highest BCUT2D eigenvalue weighted by Crippen LogP contribution is 2.25. The predicted molar refractivity (Wildman–Crippen MR) is 191 cm³/mol. The molecule has 47 heavy (non-hydrogen) atoms. The summed E-state index contributed by atoms with van der Waals surface area (Å²) in [6.07, 6.45) is 6.44. The molecule has 4 N–H and O–H groups in total. The van der Waals surface area contributed by atoms with Crippen LogP contribution in [0.3, 0.4) is 0 Å². The van der Waals surface area contributed by atoms with Crippen LogP contribution in [0.1, 0.15) is 83.8 Å². The quantitative estimate of drug-likeness (QED) is 0.123. The molecule has 0 aliphatic heterocycles. The standard InChI is InChI=1S/C40H57N3O4/c1-5-29(4)38(40(46)42-25-31-17-10-7-11-18-31)43-39(45)35(28(2)3)23-37(44)36(41-24-30-15-8-6-9-16-30)27-47-26-33-21-14-20-32-19-12-13-22-34(32)33/h7,10-14,17-22,28-30,35-38,41,44H,5-6,8-9,15-16,23-27H2,1-4H3,(H,42,46)(H,43,45). The molecule has 7 nitrogen and oxygen atoms in total. The Morgan fingerprint density at radius 1 is 0.894 bits per heavy atom. The van der Waals surface area contributed by atoms with E-state index < -0.39 is 18.1 Å². The third kappa shape index (κ3) is 11.2. The van der Waals surface area contributed by atoms with Gasteiger partial charge < -0.3 is 25.8 Å². The van der Waals surface area contributed by atoms with Crippen molar-refractivity contribution in [2.45, 2.75) is 104 Å². The van der Waals surface area contributed by atoms with Gasteiger partial charge in [-0.05, 0) is 65.5 Å². The summed E-state index contributed by atoms with van der Waals surface area (Å²) in [6, 6.07) is 23.3. The van der Waals surface area contributed by atoms with Crippen LogP contribution in [0.25, 0.3) is 10.8 Å². The lowest BCUT2D eigenvalue weighted by Crippen LogP contribution is -2.53. The van der Waals surface area contributed by atoms with Crippen LogP contribution in [0, 0.1) is 23.7 Å². The average Bonchev–Trinajstić information content (AvgIpc) is 3.10. The van der Waals surface area contributed by atoms with Crippen molar-refractivity contribution in [1.82, 2.24) is 16.0 Å². The highest BCUT2D eigenvalue weighted by atomic mass is 16.5. The molecule has 2 amide bonds. The molecule has 256 valence electrons. The van der Waals surface area contributed by atoms with Crippen molar-refractivity contribution in [1.29, 1.82) is 0 Å². The molecule has 7 heteroatoms. The molecule has 5 atom stereocenters. The first-order valence-electron chi connectivity index (χ1n) is 17.8. The van der Waals surface area contributed by atoms with Gasteiger partial charge in [0.2, 0.25) is 11.8 Å². The maximum absolute atomic E-state index is 13.8. The van der Waals surface area contributed by atoms with E-state index in [2.05, 4.69) is 46.3 Å². The number of nitrogens with one attached hydrogen (secondary N) is 3. The highest BCUT2D eigenvalue weighted by Gasteiger charge is 2.33. The minimum Gasteiger partial charge on any atom is -0.391 e. The molecule has 0 spiro atoms. The summed E-state index contributed by atoms with van der Waals surface area (Å²) < 4.78 is 6.28. The Morgan fingerprint density at radius 3 is 2.32 bits per heavy atom. The van der Waals surface area contributed by atoms with E-state index in [0.717, 1.165) is 24.1 Å². The summed E-state index contributed by atoms with van der Waals surface area (Å²) in [7, 11) is 0. The molecule has 1 saturated carbocycles. The van der Waals surface area contributed by atoms with Crippen LogP contribution in [0.2, 0.25) is 0 Å². The molecule has 0 saturated heterocycles. The zero-order valence-electron chi connectivity index (χ0n) is 28.9. The second kappa shape index (κ2) is 18.9. The molecule has 1 aliphatic carbocycles. The van der Waals surface area contributed by atoms with Gasteiger partial charge in [0, 0.05) is 12.5 Å². The molecule has 3 aromatic carbocycles. The van der Waals surface area contributed by atoms with Crippen LogP contribution in [0.4, 0.5) is 0 Å². The minimum absolute atomic E-state index is 0.0230. The molecule has 1 aliphatic rings. The average molecular weight is 644 g/mol. The first kappa shape index (κ1) is 36.6. The van der Waals surface area contributed by atoms with Crippen molar-refractivity contribution in [2.24, 2.45) is 23.7 Å². The van der Waals surface area contributed by atoms with Crippen LogP contribution in [-0.4, -0.2) is 48.3 Å². The van der Waals surface area contributed by atoms with Crippen molar-refractivity contribution in [2.75, 3.05) is 13.2 Å². The van der Waals surface area contributed by atoms with Gasteiger partial charge in [-0.1, -0.05) is 126 Å². The monoisotopic (exact) mass is 643 g/mol. The van der Waals surface area contributed by atoms with E-state index in [4.69, 9.17) is 4.74 Å². The van der Waals surface area contributed by atoms with E-state index >= 15 is 0 Å². The van der Waals surface area contributed by atoms with Gasteiger partial charge in [-0.15, -0.1) is 0 Å². The molecule has 4 rings (SSSR count). The number of aliphatic hydroxyl groups is 1. The van der Waals surface area contributed by atoms with Crippen molar-refractivity contribution < 1.29 is 19.4 Å². The fraction of sp³-hybridized carbons (Fsp3) is 0.550. The number of carbonyl (C=O) groups is 2. The number of ether oxygens (including phenoxy) is 1. The third-order valence-electron chi connectivity index (χ3n) is 10.0. The minimum atomic E-state index is -0.793. The zero-order valence-corrected chi connectivity index (χ0v) is 28.9. The zero-order chi connectivity index (χ0) is 33.6. The lowest BCUT2D eigenvalue weighted by atomic mass is 9.86. The van der Waals surface area contributed by atoms with Gasteiger partial charge in [0.15, 0.2) is 0 Å². The smallest absolute Gasteiger partial charge is 0.243 e. The van der Waals surface area contributed by atoms with Crippen LogP contribution in [-0.2, 0) is 27.5 Å². The Bertz CT molecular complexity index is 1370. The number of aliphatic hydroxyl groups excluding tert-OH is 1. The summed E-state index contributed by atoms with van der Waals surface area (Å²) in [5, 5.41) is 23.8. The first-order chi connectivity index (χ1) is 22.8. The van der Waals surface area contributed by atoms with E-state index in [1.807, 2.05) is 70.2 Å². The van der Waals surface area contributed by atoms with Gasteiger partial charge in [-0.3, -0.25) is 9.59 Å². The Labute approximate surface area is 282 Å². The van der Waals surface area contributed by atoms with Gasteiger partial charge in [0.05, 0.1) is 25.4 Å². The van der Waals surface area contributed by atoms with E-state index in [-0.39, 0.29) is 36.1 Å². The third-order valence-corrected chi connectivity index (χ3v) is 10.0. The van der Waals surface area contributed by atoms with E-state index in [0.29, 0.717) is 25.7 Å². The summed E-state index contributed by atoms with van der Waals surface area (Å²) in [5.41, 5.74) is 2.12. The number of amides is 2. The molecule has 3 aromatic rings.